The van der Waals surface area contributed by atoms with Gasteiger partial charge in [0.05, 0.1) is 11.3 Å². The number of hydrogen-bond donors (Lipinski definition) is 2. The van der Waals surface area contributed by atoms with Crippen molar-refractivity contribution in [2.24, 2.45) is 0 Å². The van der Waals surface area contributed by atoms with E-state index in [4.69, 9.17) is 4.74 Å². The van der Waals surface area contributed by atoms with Gasteiger partial charge in [-0.1, -0.05) is 42.0 Å². The lowest BCUT2D eigenvalue weighted by atomic mass is 10.1. The molecule has 0 saturated carbocycles. The van der Waals surface area contributed by atoms with Gasteiger partial charge in [0.1, 0.15) is 5.82 Å². The molecule has 0 unspecified atom stereocenters. The first-order valence-electron chi connectivity index (χ1n) is 10.7. The summed E-state index contributed by atoms with van der Waals surface area (Å²) < 4.78 is 18.1. The lowest BCUT2D eigenvalue weighted by Crippen LogP contribution is -2.30. The number of thioether (sulfide) groups is 1. The molecule has 2 N–H and O–H groups in total. The second-order valence-corrected chi connectivity index (χ2v) is 8.52. The smallest absolute Gasteiger partial charge is 0.339 e. The Morgan fingerprint density at radius 1 is 0.912 bits per heavy atom. The highest BCUT2D eigenvalue weighted by Crippen LogP contribution is 2.23. The molecule has 6 nitrogen and oxygen atoms in total. The van der Waals surface area contributed by atoms with Crippen molar-refractivity contribution in [2.75, 3.05) is 24.2 Å². The summed E-state index contributed by atoms with van der Waals surface area (Å²) in [5, 5.41) is 5.48. The quantitative estimate of drug-likeness (QED) is 0.332. The molecule has 0 fully saturated rings. The van der Waals surface area contributed by atoms with E-state index in [0.29, 0.717) is 23.5 Å². The van der Waals surface area contributed by atoms with Gasteiger partial charge in [0, 0.05) is 17.1 Å². The van der Waals surface area contributed by atoms with Gasteiger partial charge in [-0.25, -0.2) is 9.18 Å². The molecule has 176 valence electrons. The maximum atomic E-state index is 12.9. The van der Waals surface area contributed by atoms with E-state index in [1.165, 1.54) is 23.9 Å². The summed E-state index contributed by atoms with van der Waals surface area (Å²) in [5.41, 5.74) is 2.97. The van der Waals surface area contributed by atoms with Gasteiger partial charge in [-0.15, -0.1) is 11.8 Å². The van der Waals surface area contributed by atoms with Crippen LogP contribution >= 0.6 is 11.8 Å². The number of carbonyl (C=O) groups excluding carboxylic acids is 3. The molecular formula is C26H25FN2O4S. The summed E-state index contributed by atoms with van der Waals surface area (Å²) >= 11 is 1.21. The van der Waals surface area contributed by atoms with Crippen molar-refractivity contribution in [3.63, 3.8) is 0 Å². The number of benzene rings is 3. The Hall–Kier alpha value is -3.65. The van der Waals surface area contributed by atoms with Gasteiger partial charge in [-0.2, -0.15) is 0 Å². The third-order valence-corrected chi connectivity index (χ3v) is 5.86. The molecular weight excluding hydrogens is 455 g/mol. The molecule has 0 aliphatic carbocycles. The molecule has 0 bridgehead atoms. The molecule has 0 radical (unpaired) electrons. The summed E-state index contributed by atoms with van der Waals surface area (Å²) in [6.45, 7) is 1.88. The predicted octanol–water partition coefficient (Wildman–Crippen LogP) is 4.38. The highest BCUT2D eigenvalue weighted by Gasteiger charge is 2.15. The van der Waals surface area contributed by atoms with Crippen LogP contribution in [-0.2, 0) is 20.7 Å². The van der Waals surface area contributed by atoms with E-state index < -0.39 is 18.5 Å². The van der Waals surface area contributed by atoms with Crippen LogP contribution in [0.15, 0.2) is 77.7 Å². The first-order valence-corrected chi connectivity index (χ1v) is 11.7. The van der Waals surface area contributed by atoms with Crippen molar-refractivity contribution in [1.29, 1.82) is 0 Å². The van der Waals surface area contributed by atoms with Gasteiger partial charge in [0.2, 0.25) is 5.91 Å². The van der Waals surface area contributed by atoms with Crippen LogP contribution in [0.25, 0.3) is 0 Å². The Kier molecular flexibility index (Phi) is 9.22. The number of nitrogens with one attached hydrogen (secondary N) is 2. The lowest BCUT2D eigenvalue weighted by Gasteiger charge is -2.10. The Balaban J connectivity index is 1.44. The average Bonchev–Trinajstić information content (AvgIpc) is 2.84. The van der Waals surface area contributed by atoms with E-state index in [1.807, 2.05) is 31.2 Å². The molecule has 0 aromatic heterocycles. The molecule has 2 amide bonds. The number of rotatable bonds is 10. The van der Waals surface area contributed by atoms with Crippen LogP contribution in [0.1, 0.15) is 21.5 Å². The van der Waals surface area contributed by atoms with Crippen LogP contribution in [0, 0.1) is 12.7 Å². The Morgan fingerprint density at radius 2 is 1.62 bits per heavy atom. The van der Waals surface area contributed by atoms with Crippen LogP contribution in [0.3, 0.4) is 0 Å². The molecule has 34 heavy (non-hydrogen) atoms. The van der Waals surface area contributed by atoms with Gasteiger partial charge in [0.15, 0.2) is 6.61 Å². The summed E-state index contributed by atoms with van der Waals surface area (Å²) in [5.74, 6) is -1.47. The van der Waals surface area contributed by atoms with Crippen molar-refractivity contribution in [3.05, 3.63) is 95.3 Å². The molecule has 8 heteroatoms. The Labute approximate surface area is 201 Å². The molecule has 0 heterocycles. The van der Waals surface area contributed by atoms with E-state index in [0.717, 1.165) is 11.1 Å². The van der Waals surface area contributed by atoms with Crippen LogP contribution in [0.4, 0.5) is 10.1 Å². The summed E-state index contributed by atoms with van der Waals surface area (Å²) in [6.07, 6.45) is 0.532. The number of esters is 1. The van der Waals surface area contributed by atoms with Crippen LogP contribution in [0.5, 0.6) is 0 Å². The number of halogens is 1. The molecule has 0 aliphatic rings. The SMILES string of the molecule is Cc1ccc(NC(=O)CSc2ccccc2C(=O)OCC(=O)NCCc2ccc(F)cc2)cc1. The number of amides is 2. The number of anilines is 1. The van der Waals surface area contributed by atoms with Crippen molar-refractivity contribution >= 4 is 35.2 Å². The monoisotopic (exact) mass is 480 g/mol. The molecule has 0 aliphatic heterocycles. The van der Waals surface area contributed by atoms with Crippen LogP contribution < -0.4 is 10.6 Å². The second kappa shape index (κ2) is 12.6. The van der Waals surface area contributed by atoms with Crippen LogP contribution in [-0.4, -0.2) is 36.7 Å². The first-order chi connectivity index (χ1) is 16.4. The fourth-order valence-electron chi connectivity index (χ4n) is 3.00. The minimum Gasteiger partial charge on any atom is -0.452 e. The lowest BCUT2D eigenvalue weighted by molar-refractivity contribution is -0.124. The second-order valence-electron chi connectivity index (χ2n) is 7.50. The summed E-state index contributed by atoms with van der Waals surface area (Å²) in [7, 11) is 0. The fraction of sp³-hybridized carbons (Fsp3) is 0.192. The largest absolute Gasteiger partial charge is 0.452 e. The summed E-state index contributed by atoms with van der Waals surface area (Å²) in [4.78, 5) is 37.4. The zero-order valence-electron chi connectivity index (χ0n) is 18.7. The maximum absolute atomic E-state index is 12.9. The predicted molar refractivity (Wildman–Crippen MR) is 130 cm³/mol. The van der Waals surface area contributed by atoms with E-state index in [2.05, 4.69) is 10.6 Å². The number of hydrogen-bond acceptors (Lipinski definition) is 5. The molecule has 3 aromatic rings. The molecule has 0 saturated heterocycles. The number of aryl methyl sites for hydroxylation is 1. The van der Waals surface area contributed by atoms with E-state index in [-0.39, 0.29) is 23.0 Å². The Morgan fingerprint density at radius 3 is 2.35 bits per heavy atom. The van der Waals surface area contributed by atoms with Gasteiger partial charge in [0.25, 0.3) is 5.91 Å². The number of carbonyl (C=O) groups is 3. The average molecular weight is 481 g/mol. The number of ether oxygens (including phenoxy) is 1. The minimum atomic E-state index is -0.643. The third-order valence-electron chi connectivity index (χ3n) is 4.78. The molecule has 3 aromatic carbocycles. The normalized spacial score (nSPS) is 10.4. The molecule has 0 spiro atoms. The van der Waals surface area contributed by atoms with Gasteiger partial charge >= 0.3 is 5.97 Å². The first kappa shape index (κ1) is 25.0. The highest BCUT2D eigenvalue weighted by atomic mass is 32.2. The zero-order chi connectivity index (χ0) is 24.3. The van der Waals surface area contributed by atoms with E-state index in [1.54, 1.807) is 36.4 Å². The third kappa shape index (κ3) is 8.04. The summed E-state index contributed by atoms with van der Waals surface area (Å²) in [6, 6.07) is 20.3. The van der Waals surface area contributed by atoms with Gasteiger partial charge < -0.3 is 15.4 Å². The van der Waals surface area contributed by atoms with Crippen molar-refractivity contribution in [1.82, 2.24) is 5.32 Å². The van der Waals surface area contributed by atoms with Crippen molar-refractivity contribution in [3.8, 4) is 0 Å². The van der Waals surface area contributed by atoms with Crippen molar-refractivity contribution in [2.45, 2.75) is 18.2 Å². The molecule has 0 atom stereocenters. The van der Waals surface area contributed by atoms with Gasteiger partial charge in [-0.3, -0.25) is 9.59 Å². The zero-order valence-corrected chi connectivity index (χ0v) is 19.5. The standard InChI is InChI=1S/C26H25FN2O4S/c1-18-6-12-21(13-7-18)29-25(31)17-34-23-5-3-2-4-22(23)26(32)33-16-24(30)28-15-14-19-8-10-20(27)11-9-19/h2-13H,14-17H2,1H3,(H,28,30)(H,29,31). The van der Waals surface area contributed by atoms with Crippen molar-refractivity contribution < 1.29 is 23.5 Å². The van der Waals surface area contributed by atoms with E-state index in [9.17, 15) is 18.8 Å². The fourth-order valence-corrected chi connectivity index (χ4v) is 3.84. The van der Waals surface area contributed by atoms with E-state index >= 15 is 0 Å². The van der Waals surface area contributed by atoms with Crippen LogP contribution in [0.2, 0.25) is 0 Å². The highest BCUT2D eigenvalue weighted by molar-refractivity contribution is 8.00. The van der Waals surface area contributed by atoms with Gasteiger partial charge in [-0.05, 0) is 55.3 Å². The molecule has 3 rings (SSSR count). The topological polar surface area (TPSA) is 84.5 Å². The Bertz CT molecular complexity index is 1130. The maximum Gasteiger partial charge on any atom is 0.339 e. The minimum absolute atomic E-state index is 0.113.